The van der Waals surface area contributed by atoms with Crippen LogP contribution in [0.3, 0.4) is 0 Å². The van der Waals surface area contributed by atoms with Crippen molar-refractivity contribution >= 4 is 56.4 Å². The van der Waals surface area contributed by atoms with E-state index in [0.29, 0.717) is 32.9 Å². The second-order valence-corrected chi connectivity index (χ2v) is 7.83. The van der Waals surface area contributed by atoms with Crippen LogP contribution in [0.4, 0.5) is 10.1 Å². The summed E-state index contributed by atoms with van der Waals surface area (Å²) in [6.45, 7) is 0.548. The van der Waals surface area contributed by atoms with Crippen LogP contribution in [-0.4, -0.2) is 0 Å². The van der Waals surface area contributed by atoms with Gasteiger partial charge in [-0.25, -0.2) is 4.39 Å². The lowest BCUT2D eigenvalue weighted by molar-refractivity contribution is 0.300. The van der Waals surface area contributed by atoms with Gasteiger partial charge in [-0.1, -0.05) is 53.0 Å². The van der Waals surface area contributed by atoms with Gasteiger partial charge in [0.05, 0.1) is 15.1 Å². The van der Waals surface area contributed by atoms with E-state index in [-0.39, 0.29) is 12.4 Å². The molecule has 0 radical (unpaired) electrons. The lowest BCUT2D eigenvalue weighted by Gasteiger charge is -2.13. The first-order valence-corrected chi connectivity index (χ1v) is 9.90. The molecule has 0 unspecified atom stereocenters. The van der Waals surface area contributed by atoms with Gasteiger partial charge in [0.1, 0.15) is 12.4 Å². The Hall–Kier alpha value is -1.46. The third-order valence-corrected chi connectivity index (χ3v) is 5.60. The molecule has 0 amide bonds. The summed E-state index contributed by atoms with van der Waals surface area (Å²) in [5.74, 6) is -0.00394. The number of anilines is 1. The summed E-state index contributed by atoms with van der Waals surface area (Å²) >= 11 is 22.1. The maximum Gasteiger partial charge on any atom is 0.156 e. The SMILES string of the molecule is Fc1ccccc1COc1c(Cl)cc(CNc2ccc(Br)c(Cl)c2)cc1Cl. The highest BCUT2D eigenvalue weighted by Gasteiger charge is 2.11. The van der Waals surface area contributed by atoms with Crippen LogP contribution in [0, 0.1) is 5.82 Å². The van der Waals surface area contributed by atoms with Gasteiger partial charge in [0.2, 0.25) is 0 Å². The zero-order valence-corrected chi connectivity index (χ0v) is 17.8. The lowest BCUT2D eigenvalue weighted by Crippen LogP contribution is -2.02. The van der Waals surface area contributed by atoms with Gasteiger partial charge in [-0.15, -0.1) is 0 Å². The number of hydrogen-bond donors (Lipinski definition) is 1. The zero-order valence-electron chi connectivity index (χ0n) is 13.9. The van der Waals surface area contributed by atoms with E-state index in [4.69, 9.17) is 39.5 Å². The summed E-state index contributed by atoms with van der Waals surface area (Å²) in [5, 5.41) is 4.60. The van der Waals surface area contributed by atoms with Crippen molar-refractivity contribution < 1.29 is 9.13 Å². The van der Waals surface area contributed by atoms with Crippen LogP contribution < -0.4 is 10.1 Å². The van der Waals surface area contributed by atoms with Crippen molar-refractivity contribution in [2.24, 2.45) is 0 Å². The minimum Gasteiger partial charge on any atom is -0.486 e. The van der Waals surface area contributed by atoms with E-state index in [0.717, 1.165) is 15.7 Å². The summed E-state index contributed by atoms with van der Waals surface area (Å²) in [4.78, 5) is 0. The summed E-state index contributed by atoms with van der Waals surface area (Å²) in [7, 11) is 0. The van der Waals surface area contributed by atoms with Gasteiger partial charge < -0.3 is 10.1 Å². The van der Waals surface area contributed by atoms with Gasteiger partial charge in [0.25, 0.3) is 0 Å². The molecular weight excluding hydrogens is 475 g/mol. The summed E-state index contributed by atoms with van der Waals surface area (Å²) in [6, 6.07) is 15.5. The first-order valence-electron chi connectivity index (χ1n) is 7.97. The van der Waals surface area contributed by atoms with Crippen LogP contribution in [0.2, 0.25) is 15.1 Å². The fourth-order valence-corrected chi connectivity index (χ4v) is 3.50. The third kappa shape index (κ3) is 5.29. The summed E-state index contributed by atoms with van der Waals surface area (Å²) in [6.07, 6.45) is 0. The Kier molecular flexibility index (Phi) is 6.88. The minimum atomic E-state index is -0.335. The Labute approximate surface area is 180 Å². The Balaban J connectivity index is 1.68. The van der Waals surface area contributed by atoms with Crippen molar-refractivity contribution in [3.05, 3.63) is 91.1 Å². The van der Waals surface area contributed by atoms with E-state index in [2.05, 4.69) is 21.2 Å². The number of rotatable bonds is 6. The molecule has 0 fully saturated rings. The third-order valence-electron chi connectivity index (χ3n) is 3.80. The van der Waals surface area contributed by atoms with Crippen molar-refractivity contribution in [1.82, 2.24) is 0 Å². The highest BCUT2D eigenvalue weighted by molar-refractivity contribution is 9.10. The minimum absolute atomic E-state index is 0.0428. The molecular formula is C20H14BrCl3FNO. The maximum absolute atomic E-state index is 13.7. The summed E-state index contributed by atoms with van der Waals surface area (Å²) in [5.41, 5.74) is 2.18. The standard InChI is InChI=1S/C20H14BrCl3FNO/c21-15-6-5-14(9-16(15)22)26-10-12-7-17(23)20(18(24)8-12)27-11-13-3-1-2-4-19(13)25/h1-9,26H,10-11H2. The quantitative estimate of drug-likeness (QED) is 0.382. The largest absolute Gasteiger partial charge is 0.486 e. The Morgan fingerprint density at radius 2 is 1.63 bits per heavy atom. The number of ether oxygens (including phenoxy) is 1. The first-order chi connectivity index (χ1) is 12.9. The van der Waals surface area contributed by atoms with Crippen molar-refractivity contribution in [3.8, 4) is 5.75 Å². The van der Waals surface area contributed by atoms with Gasteiger partial charge in [-0.05, 0) is 57.9 Å². The van der Waals surface area contributed by atoms with Gasteiger partial charge >= 0.3 is 0 Å². The number of nitrogens with one attached hydrogen (secondary N) is 1. The van der Waals surface area contributed by atoms with Crippen LogP contribution >= 0.6 is 50.7 Å². The van der Waals surface area contributed by atoms with E-state index in [1.807, 2.05) is 18.2 Å². The van der Waals surface area contributed by atoms with E-state index in [1.54, 1.807) is 30.3 Å². The topological polar surface area (TPSA) is 21.3 Å². The van der Waals surface area contributed by atoms with Crippen molar-refractivity contribution in [1.29, 1.82) is 0 Å². The predicted molar refractivity (Wildman–Crippen MR) is 114 cm³/mol. The molecule has 140 valence electrons. The lowest BCUT2D eigenvalue weighted by atomic mass is 10.2. The van der Waals surface area contributed by atoms with Crippen LogP contribution in [-0.2, 0) is 13.2 Å². The Bertz CT molecular complexity index is 945. The second-order valence-electron chi connectivity index (χ2n) is 5.75. The molecule has 3 aromatic rings. The fourth-order valence-electron chi connectivity index (χ4n) is 2.43. The molecule has 1 N–H and O–H groups in total. The van der Waals surface area contributed by atoms with E-state index >= 15 is 0 Å². The molecule has 0 saturated carbocycles. The molecule has 0 spiro atoms. The molecule has 0 atom stereocenters. The number of benzene rings is 3. The Morgan fingerprint density at radius 3 is 2.30 bits per heavy atom. The molecule has 0 bridgehead atoms. The molecule has 0 aliphatic carbocycles. The molecule has 2 nitrogen and oxygen atoms in total. The fraction of sp³-hybridized carbons (Fsp3) is 0.100. The Morgan fingerprint density at radius 1 is 0.926 bits per heavy atom. The monoisotopic (exact) mass is 487 g/mol. The smallest absolute Gasteiger partial charge is 0.156 e. The molecule has 3 aromatic carbocycles. The van der Waals surface area contributed by atoms with E-state index in [9.17, 15) is 4.39 Å². The number of hydrogen-bond acceptors (Lipinski definition) is 2. The van der Waals surface area contributed by atoms with Crippen molar-refractivity contribution in [2.45, 2.75) is 13.2 Å². The molecule has 27 heavy (non-hydrogen) atoms. The second kappa shape index (κ2) is 9.16. The van der Waals surface area contributed by atoms with Gasteiger partial charge in [-0.2, -0.15) is 0 Å². The highest BCUT2D eigenvalue weighted by Crippen LogP contribution is 2.35. The molecule has 0 heterocycles. The van der Waals surface area contributed by atoms with Crippen LogP contribution in [0.1, 0.15) is 11.1 Å². The molecule has 3 rings (SSSR count). The van der Waals surface area contributed by atoms with Gasteiger partial charge in [-0.3, -0.25) is 0 Å². The molecule has 0 aliphatic heterocycles. The molecule has 0 saturated heterocycles. The molecule has 0 aliphatic rings. The number of halogens is 5. The molecule has 7 heteroatoms. The maximum atomic E-state index is 13.7. The van der Waals surface area contributed by atoms with Crippen LogP contribution in [0.25, 0.3) is 0 Å². The van der Waals surface area contributed by atoms with Gasteiger partial charge in [0, 0.05) is 22.3 Å². The van der Waals surface area contributed by atoms with E-state index in [1.165, 1.54) is 6.07 Å². The zero-order chi connectivity index (χ0) is 19.4. The average Bonchev–Trinajstić information content (AvgIpc) is 2.63. The molecule has 0 aromatic heterocycles. The van der Waals surface area contributed by atoms with Gasteiger partial charge in [0.15, 0.2) is 5.75 Å². The van der Waals surface area contributed by atoms with E-state index < -0.39 is 0 Å². The highest BCUT2D eigenvalue weighted by atomic mass is 79.9. The normalized spacial score (nSPS) is 10.7. The predicted octanol–water partition coefficient (Wildman–Crippen LogP) is 7.74. The van der Waals surface area contributed by atoms with Crippen molar-refractivity contribution in [2.75, 3.05) is 5.32 Å². The van der Waals surface area contributed by atoms with Crippen LogP contribution in [0.15, 0.2) is 59.1 Å². The first kappa shape index (κ1) is 20.3. The van der Waals surface area contributed by atoms with Crippen molar-refractivity contribution in [3.63, 3.8) is 0 Å². The van der Waals surface area contributed by atoms with Crippen LogP contribution in [0.5, 0.6) is 5.75 Å². The summed E-state index contributed by atoms with van der Waals surface area (Å²) < 4.78 is 20.2. The average molecular weight is 490 g/mol.